The molecule has 3 aromatic rings. The minimum Gasteiger partial charge on any atom is -0.323 e. The zero-order valence-corrected chi connectivity index (χ0v) is 26.4. The van der Waals surface area contributed by atoms with Crippen molar-refractivity contribution in [1.29, 1.82) is 0 Å². The van der Waals surface area contributed by atoms with Crippen molar-refractivity contribution >= 4 is 38.0 Å². The maximum Gasteiger partial charge on any atom is 0.154 e. The third-order valence-electron chi connectivity index (χ3n) is 8.42. The molecule has 0 radical (unpaired) electrons. The van der Waals surface area contributed by atoms with Crippen LogP contribution in [0.1, 0.15) is 43.0 Å². The van der Waals surface area contributed by atoms with Gasteiger partial charge in [-0.05, 0) is 76.5 Å². The van der Waals surface area contributed by atoms with E-state index < -0.39 is 16.5 Å². The Balaban J connectivity index is 1.81. The van der Waals surface area contributed by atoms with E-state index in [4.69, 9.17) is 0 Å². The second kappa shape index (κ2) is 11.9. The molecule has 0 heterocycles. The fourth-order valence-electron chi connectivity index (χ4n) is 5.20. The Morgan fingerprint density at radius 1 is 0.595 bits per heavy atom. The highest BCUT2D eigenvalue weighted by Crippen LogP contribution is 2.27. The summed E-state index contributed by atoms with van der Waals surface area (Å²) in [6.07, 6.45) is 0. The van der Waals surface area contributed by atoms with Crippen LogP contribution in [0.15, 0.2) is 86.0 Å². The molecule has 3 aromatic carbocycles. The van der Waals surface area contributed by atoms with Crippen LogP contribution in [-0.2, 0) is 0 Å². The third-order valence-corrected chi connectivity index (χ3v) is 16.4. The highest BCUT2D eigenvalue weighted by molar-refractivity contribution is 6.87. The van der Waals surface area contributed by atoms with Crippen LogP contribution in [-0.4, -0.2) is 52.3 Å². The molecule has 4 heteroatoms. The normalized spacial score (nSPS) is 12.3. The van der Waals surface area contributed by atoms with E-state index in [1.54, 1.807) is 0 Å². The van der Waals surface area contributed by atoms with Gasteiger partial charge in [-0.2, -0.15) is 0 Å². The quantitative estimate of drug-likeness (QED) is 0.250. The molecule has 0 aromatic heterocycles. The second-order valence-electron chi connectivity index (χ2n) is 11.0. The SMILES string of the molecule is C=C(c1ccc([Si](C)(C)N(C)CC)cc1)c1cccc(C(=C)c2ccc([Si](C)(C)N(CC)CC)cc2)c1. The molecule has 0 fully saturated rings. The van der Waals surface area contributed by atoms with Crippen LogP contribution in [0.25, 0.3) is 11.1 Å². The van der Waals surface area contributed by atoms with E-state index in [1.807, 2.05) is 0 Å². The van der Waals surface area contributed by atoms with Gasteiger partial charge in [0.25, 0.3) is 0 Å². The van der Waals surface area contributed by atoms with Gasteiger partial charge in [0.2, 0.25) is 0 Å². The number of nitrogens with zero attached hydrogens (tertiary/aromatic N) is 2. The summed E-state index contributed by atoms with van der Waals surface area (Å²) in [5.41, 5.74) is 6.72. The first-order chi connectivity index (χ1) is 17.5. The number of hydrogen-bond acceptors (Lipinski definition) is 2. The zero-order valence-electron chi connectivity index (χ0n) is 24.4. The Labute approximate surface area is 228 Å². The molecule has 0 unspecified atom stereocenters. The van der Waals surface area contributed by atoms with Crippen LogP contribution < -0.4 is 10.4 Å². The molecule has 0 saturated carbocycles. The number of hydrogen-bond donors (Lipinski definition) is 0. The Bertz CT molecular complexity index is 1220. The Hall–Kier alpha value is -2.51. The maximum atomic E-state index is 4.46. The first-order valence-electron chi connectivity index (χ1n) is 13.6. The summed E-state index contributed by atoms with van der Waals surface area (Å²) in [5.74, 6) is 0. The monoisotopic (exact) mass is 526 g/mol. The lowest BCUT2D eigenvalue weighted by molar-refractivity contribution is 0.474. The van der Waals surface area contributed by atoms with Crippen molar-refractivity contribution in [1.82, 2.24) is 9.13 Å². The molecular formula is C33H46N2Si2. The topological polar surface area (TPSA) is 6.48 Å². The van der Waals surface area contributed by atoms with Crippen LogP contribution in [0.5, 0.6) is 0 Å². The van der Waals surface area contributed by atoms with Gasteiger partial charge in [-0.1, -0.05) is 127 Å². The summed E-state index contributed by atoms with van der Waals surface area (Å²) >= 11 is 0. The average Bonchev–Trinajstić information content (AvgIpc) is 2.92. The molecule has 0 bridgehead atoms. The van der Waals surface area contributed by atoms with Crippen LogP contribution in [0.4, 0.5) is 0 Å². The van der Waals surface area contributed by atoms with Gasteiger partial charge in [-0.15, -0.1) is 0 Å². The van der Waals surface area contributed by atoms with Crippen molar-refractivity contribution in [2.45, 2.75) is 47.0 Å². The summed E-state index contributed by atoms with van der Waals surface area (Å²) in [6, 6.07) is 26.8. The highest BCUT2D eigenvalue weighted by atomic mass is 28.3. The van der Waals surface area contributed by atoms with Gasteiger partial charge in [-0.25, -0.2) is 0 Å². The van der Waals surface area contributed by atoms with Gasteiger partial charge < -0.3 is 9.13 Å². The van der Waals surface area contributed by atoms with Crippen LogP contribution >= 0.6 is 0 Å². The molecule has 0 aliphatic heterocycles. The van der Waals surface area contributed by atoms with Gasteiger partial charge in [0, 0.05) is 0 Å². The lowest BCUT2D eigenvalue weighted by Gasteiger charge is -2.35. The molecule has 196 valence electrons. The average molecular weight is 527 g/mol. The first-order valence-corrected chi connectivity index (χ1v) is 19.5. The summed E-state index contributed by atoms with van der Waals surface area (Å²) in [6.45, 7) is 28.6. The van der Waals surface area contributed by atoms with Crippen LogP contribution in [0.3, 0.4) is 0 Å². The number of benzene rings is 3. The van der Waals surface area contributed by atoms with Crippen LogP contribution in [0.2, 0.25) is 26.2 Å². The molecule has 0 atom stereocenters. The summed E-state index contributed by atoms with van der Waals surface area (Å²) in [7, 11) is -1.02. The lowest BCUT2D eigenvalue weighted by atomic mass is 9.94. The predicted molar refractivity (Wildman–Crippen MR) is 171 cm³/mol. The van der Waals surface area contributed by atoms with Crippen molar-refractivity contribution in [2.24, 2.45) is 0 Å². The molecule has 0 saturated heterocycles. The second-order valence-corrected chi connectivity index (χ2v) is 19.8. The molecule has 0 aliphatic carbocycles. The minimum absolute atomic E-state index is 1.05. The van der Waals surface area contributed by atoms with E-state index in [0.717, 1.165) is 41.9 Å². The molecule has 0 N–H and O–H groups in total. The predicted octanol–water partition coefficient (Wildman–Crippen LogP) is 6.93. The molecule has 2 nitrogen and oxygen atoms in total. The van der Waals surface area contributed by atoms with E-state index in [2.05, 4.69) is 149 Å². The Morgan fingerprint density at radius 3 is 1.38 bits per heavy atom. The van der Waals surface area contributed by atoms with Crippen molar-refractivity contribution in [3.8, 4) is 0 Å². The molecule has 37 heavy (non-hydrogen) atoms. The summed E-state index contributed by atoms with van der Waals surface area (Å²) in [5, 5.41) is 2.92. The van der Waals surface area contributed by atoms with Crippen LogP contribution in [0, 0.1) is 0 Å². The third kappa shape index (κ3) is 6.15. The summed E-state index contributed by atoms with van der Waals surface area (Å²) in [4.78, 5) is 0. The molecule has 0 aliphatic rings. The van der Waals surface area contributed by atoms with Gasteiger partial charge >= 0.3 is 0 Å². The lowest BCUT2D eigenvalue weighted by Crippen LogP contribution is -2.57. The van der Waals surface area contributed by atoms with Gasteiger partial charge in [0.1, 0.15) is 0 Å². The van der Waals surface area contributed by atoms with Gasteiger partial charge in [-0.3, -0.25) is 0 Å². The smallest absolute Gasteiger partial charge is 0.154 e. The molecule has 3 rings (SSSR count). The van der Waals surface area contributed by atoms with Gasteiger partial charge in [0.15, 0.2) is 16.5 Å². The highest BCUT2D eigenvalue weighted by Gasteiger charge is 2.29. The minimum atomic E-state index is -1.64. The summed E-state index contributed by atoms with van der Waals surface area (Å²) < 4.78 is 5.13. The zero-order chi connectivity index (χ0) is 27.4. The van der Waals surface area contributed by atoms with E-state index in [-0.39, 0.29) is 0 Å². The van der Waals surface area contributed by atoms with Gasteiger partial charge in [0.05, 0.1) is 0 Å². The fourth-order valence-corrected chi connectivity index (χ4v) is 10.3. The van der Waals surface area contributed by atoms with E-state index >= 15 is 0 Å². The first kappa shape index (κ1) is 29.1. The Kier molecular flexibility index (Phi) is 9.35. The van der Waals surface area contributed by atoms with E-state index in [0.29, 0.717) is 0 Å². The van der Waals surface area contributed by atoms with E-state index in [1.165, 1.54) is 21.5 Å². The largest absolute Gasteiger partial charge is 0.323 e. The van der Waals surface area contributed by atoms with Crippen molar-refractivity contribution < 1.29 is 0 Å². The number of rotatable bonds is 11. The van der Waals surface area contributed by atoms with Crippen molar-refractivity contribution in [2.75, 3.05) is 26.7 Å². The maximum absolute atomic E-state index is 4.46. The Morgan fingerprint density at radius 2 is 1.00 bits per heavy atom. The molecular weight excluding hydrogens is 481 g/mol. The van der Waals surface area contributed by atoms with Crippen molar-refractivity contribution in [3.63, 3.8) is 0 Å². The van der Waals surface area contributed by atoms with E-state index in [9.17, 15) is 0 Å². The standard InChI is InChI=1S/C33H46N2Si2/c1-11-34(6)36(7,8)32-21-17-28(18-22-32)26(4)30-15-14-16-31(25-30)27(5)29-19-23-33(24-20-29)37(9,10)35(12-2)13-3/h14-25H,4-5,11-13H2,1-3,6-10H3. The molecule has 0 amide bonds. The van der Waals surface area contributed by atoms with Crippen molar-refractivity contribution in [3.05, 3.63) is 108 Å². The molecule has 0 spiro atoms. The fraction of sp³-hybridized carbons (Fsp3) is 0.333.